The summed E-state index contributed by atoms with van der Waals surface area (Å²) in [5.41, 5.74) is 0.651. The van der Waals surface area contributed by atoms with Crippen LogP contribution in [0.3, 0.4) is 0 Å². The van der Waals surface area contributed by atoms with Crippen molar-refractivity contribution in [2.45, 2.75) is 44.2 Å². The van der Waals surface area contributed by atoms with Crippen LogP contribution in [0.1, 0.15) is 31.2 Å². The number of benzene rings is 1. The summed E-state index contributed by atoms with van der Waals surface area (Å²) in [6.45, 7) is 0.305. The number of hydrogen-bond donors (Lipinski definition) is 3. The van der Waals surface area contributed by atoms with Gasteiger partial charge in [-0.3, -0.25) is 10.1 Å². The smallest absolute Gasteiger partial charge is 0.315 e. The van der Waals surface area contributed by atoms with Crippen molar-refractivity contribution in [3.05, 3.63) is 39.9 Å². The van der Waals surface area contributed by atoms with Crippen LogP contribution in [0.15, 0.2) is 24.3 Å². The summed E-state index contributed by atoms with van der Waals surface area (Å²) in [7, 11) is 0. The average molecular weight is 307 g/mol. The molecule has 1 aromatic rings. The van der Waals surface area contributed by atoms with E-state index in [1.54, 1.807) is 18.2 Å². The SMILES string of the molecule is O=C(NCCc1ccccc1[N+](=O)[O-])N[C@H]1CCCC[C@H]1O. The monoisotopic (exact) mass is 307 g/mol. The van der Waals surface area contributed by atoms with Crippen molar-refractivity contribution in [3.8, 4) is 0 Å². The zero-order valence-corrected chi connectivity index (χ0v) is 12.3. The van der Waals surface area contributed by atoms with Crippen LogP contribution in [0.5, 0.6) is 0 Å². The number of nitrogens with zero attached hydrogens (tertiary/aromatic N) is 1. The molecule has 2 atom stereocenters. The number of rotatable bonds is 5. The predicted octanol–water partition coefficient (Wildman–Crippen LogP) is 1.74. The Morgan fingerprint density at radius 1 is 1.32 bits per heavy atom. The predicted molar refractivity (Wildman–Crippen MR) is 81.6 cm³/mol. The molecule has 7 heteroatoms. The van der Waals surface area contributed by atoms with Crippen LogP contribution in [0, 0.1) is 10.1 Å². The van der Waals surface area contributed by atoms with Gasteiger partial charge in [-0.25, -0.2) is 4.79 Å². The van der Waals surface area contributed by atoms with Gasteiger partial charge in [0.15, 0.2) is 0 Å². The highest BCUT2D eigenvalue weighted by Gasteiger charge is 2.24. The molecule has 1 fully saturated rings. The van der Waals surface area contributed by atoms with Crippen LogP contribution in [-0.4, -0.2) is 34.8 Å². The van der Waals surface area contributed by atoms with Gasteiger partial charge in [-0.1, -0.05) is 31.0 Å². The van der Waals surface area contributed by atoms with Crippen molar-refractivity contribution in [1.29, 1.82) is 0 Å². The lowest BCUT2D eigenvalue weighted by Gasteiger charge is -2.28. The van der Waals surface area contributed by atoms with E-state index in [4.69, 9.17) is 0 Å². The highest BCUT2D eigenvalue weighted by atomic mass is 16.6. The molecule has 2 rings (SSSR count). The second kappa shape index (κ2) is 7.74. The van der Waals surface area contributed by atoms with Gasteiger partial charge in [0, 0.05) is 18.2 Å². The Bertz CT molecular complexity index is 535. The average Bonchev–Trinajstić information content (AvgIpc) is 2.50. The van der Waals surface area contributed by atoms with Gasteiger partial charge < -0.3 is 15.7 Å². The fraction of sp³-hybridized carbons (Fsp3) is 0.533. The van der Waals surface area contributed by atoms with Crippen LogP contribution in [-0.2, 0) is 6.42 Å². The number of aliphatic hydroxyl groups excluding tert-OH is 1. The molecule has 22 heavy (non-hydrogen) atoms. The molecular formula is C15H21N3O4. The van der Waals surface area contributed by atoms with E-state index >= 15 is 0 Å². The lowest BCUT2D eigenvalue weighted by molar-refractivity contribution is -0.385. The molecule has 1 aliphatic carbocycles. The summed E-state index contributed by atoms with van der Waals surface area (Å²) in [4.78, 5) is 22.3. The second-order valence-corrected chi connectivity index (χ2v) is 5.49. The Hall–Kier alpha value is -2.15. The fourth-order valence-electron chi connectivity index (χ4n) is 2.71. The number of carbonyl (C=O) groups is 1. The maximum absolute atomic E-state index is 11.8. The maximum atomic E-state index is 11.8. The summed E-state index contributed by atoms with van der Waals surface area (Å²) in [5.74, 6) is 0. The number of nitro benzene ring substituents is 1. The van der Waals surface area contributed by atoms with Gasteiger partial charge in [0.05, 0.1) is 17.1 Å². The number of hydrogen-bond acceptors (Lipinski definition) is 4. The van der Waals surface area contributed by atoms with E-state index in [2.05, 4.69) is 10.6 Å². The summed E-state index contributed by atoms with van der Waals surface area (Å²) >= 11 is 0. The topological polar surface area (TPSA) is 104 Å². The van der Waals surface area contributed by atoms with E-state index in [-0.39, 0.29) is 17.8 Å². The van der Waals surface area contributed by atoms with Crippen molar-refractivity contribution < 1.29 is 14.8 Å². The maximum Gasteiger partial charge on any atom is 0.315 e. The second-order valence-electron chi connectivity index (χ2n) is 5.49. The third-order valence-corrected chi connectivity index (χ3v) is 3.91. The molecule has 0 spiro atoms. The van der Waals surface area contributed by atoms with Crippen LogP contribution in [0.25, 0.3) is 0 Å². The molecule has 0 aliphatic heterocycles. The molecular weight excluding hydrogens is 286 g/mol. The third-order valence-electron chi connectivity index (χ3n) is 3.91. The minimum Gasteiger partial charge on any atom is -0.391 e. The van der Waals surface area contributed by atoms with E-state index in [1.807, 2.05) is 0 Å². The Kier molecular flexibility index (Phi) is 5.71. The van der Waals surface area contributed by atoms with E-state index in [0.29, 0.717) is 24.9 Å². The molecule has 7 nitrogen and oxygen atoms in total. The normalized spacial score (nSPS) is 21.1. The number of carbonyl (C=O) groups excluding carboxylic acids is 1. The first-order chi connectivity index (χ1) is 10.6. The first-order valence-electron chi connectivity index (χ1n) is 7.52. The molecule has 1 aliphatic rings. The molecule has 1 saturated carbocycles. The molecule has 1 aromatic carbocycles. The number of aliphatic hydroxyl groups is 1. The first-order valence-corrected chi connectivity index (χ1v) is 7.52. The zero-order valence-electron chi connectivity index (χ0n) is 12.3. The summed E-state index contributed by atoms with van der Waals surface area (Å²) in [5, 5.41) is 26.1. The molecule has 120 valence electrons. The minimum atomic E-state index is -0.491. The number of para-hydroxylation sites is 1. The molecule has 0 saturated heterocycles. The highest BCUT2D eigenvalue weighted by Crippen LogP contribution is 2.19. The van der Waals surface area contributed by atoms with Crippen LogP contribution < -0.4 is 10.6 Å². The number of nitro groups is 1. The summed E-state index contributed by atoms with van der Waals surface area (Å²) in [6.07, 6.45) is 3.36. The van der Waals surface area contributed by atoms with Gasteiger partial charge in [0.1, 0.15) is 0 Å². The van der Waals surface area contributed by atoms with Gasteiger partial charge in [0.25, 0.3) is 5.69 Å². The van der Waals surface area contributed by atoms with Crippen LogP contribution in [0.2, 0.25) is 0 Å². The van der Waals surface area contributed by atoms with Crippen molar-refractivity contribution >= 4 is 11.7 Å². The summed E-state index contributed by atoms with van der Waals surface area (Å²) in [6, 6.07) is 5.94. The van der Waals surface area contributed by atoms with Crippen molar-refractivity contribution in [3.63, 3.8) is 0 Å². The lowest BCUT2D eigenvalue weighted by atomic mass is 9.93. The van der Waals surface area contributed by atoms with Crippen molar-refractivity contribution in [2.75, 3.05) is 6.54 Å². The van der Waals surface area contributed by atoms with E-state index in [0.717, 1.165) is 19.3 Å². The molecule has 0 heterocycles. The minimum absolute atomic E-state index is 0.0624. The Morgan fingerprint density at radius 2 is 2.05 bits per heavy atom. The van der Waals surface area contributed by atoms with Gasteiger partial charge >= 0.3 is 6.03 Å². The number of amides is 2. The lowest BCUT2D eigenvalue weighted by Crippen LogP contribution is -2.49. The van der Waals surface area contributed by atoms with Gasteiger partial charge in [-0.15, -0.1) is 0 Å². The van der Waals surface area contributed by atoms with E-state index in [9.17, 15) is 20.0 Å². The fourth-order valence-corrected chi connectivity index (χ4v) is 2.71. The molecule has 3 N–H and O–H groups in total. The first kappa shape index (κ1) is 16.2. The Balaban J connectivity index is 1.78. The molecule has 0 aromatic heterocycles. The van der Waals surface area contributed by atoms with Crippen LogP contribution >= 0.6 is 0 Å². The molecule has 0 radical (unpaired) electrons. The van der Waals surface area contributed by atoms with Gasteiger partial charge in [-0.2, -0.15) is 0 Å². The Labute approximate surface area is 128 Å². The largest absolute Gasteiger partial charge is 0.391 e. The quantitative estimate of drug-likeness (QED) is 0.569. The highest BCUT2D eigenvalue weighted by molar-refractivity contribution is 5.74. The zero-order chi connectivity index (χ0) is 15.9. The molecule has 2 amide bonds. The van der Waals surface area contributed by atoms with Crippen LogP contribution in [0.4, 0.5) is 10.5 Å². The molecule has 0 unspecified atom stereocenters. The molecule has 0 bridgehead atoms. The number of urea groups is 1. The third kappa shape index (κ3) is 4.42. The van der Waals surface area contributed by atoms with Crippen molar-refractivity contribution in [2.24, 2.45) is 0 Å². The van der Waals surface area contributed by atoms with Crippen molar-refractivity contribution in [1.82, 2.24) is 10.6 Å². The standard InChI is InChI=1S/C15H21N3O4/c19-14-8-4-2-6-12(14)17-15(20)16-10-9-11-5-1-3-7-13(11)18(21)22/h1,3,5,7,12,14,19H,2,4,6,8-10H2,(H2,16,17,20)/t12-,14+/m0/s1. The van der Waals surface area contributed by atoms with E-state index < -0.39 is 11.0 Å². The number of nitrogens with one attached hydrogen (secondary N) is 2. The van der Waals surface area contributed by atoms with Gasteiger partial charge in [-0.05, 0) is 19.3 Å². The Morgan fingerprint density at radius 3 is 2.77 bits per heavy atom. The van der Waals surface area contributed by atoms with Gasteiger partial charge in [0.2, 0.25) is 0 Å². The summed E-state index contributed by atoms with van der Waals surface area (Å²) < 4.78 is 0. The van der Waals surface area contributed by atoms with E-state index in [1.165, 1.54) is 6.07 Å².